The summed E-state index contributed by atoms with van der Waals surface area (Å²) in [7, 11) is 0. The van der Waals surface area contributed by atoms with Crippen LogP contribution >= 0.6 is 11.6 Å². The number of hydrogen-bond acceptors (Lipinski definition) is 4. The average molecular weight is 504 g/mol. The number of ether oxygens (including phenoxy) is 1. The largest absolute Gasteiger partial charge is 0.438 e. The first-order valence-corrected chi connectivity index (χ1v) is 12.3. The number of halogens is 1. The molecule has 2 N–H and O–H groups in total. The van der Waals surface area contributed by atoms with E-state index in [1.165, 1.54) is 4.90 Å². The predicted molar refractivity (Wildman–Crippen MR) is 137 cm³/mol. The van der Waals surface area contributed by atoms with Crippen LogP contribution in [0.15, 0.2) is 72.8 Å². The third-order valence-electron chi connectivity index (χ3n) is 6.31. The Bertz CT molecular complexity index is 1310. The van der Waals surface area contributed by atoms with E-state index in [0.29, 0.717) is 21.8 Å². The summed E-state index contributed by atoms with van der Waals surface area (Å²) in [6, 6.07) is 20.8. The first-order chi connectivity index (χ1) is 17.4. The summed E-state index contributed by atoms with van der Waals surface area (Å²) in [6.45, 7) is 2.14. The van der Waals surface area contributed by atoms with Crippen molar-refractivity contribution in [3.8, 4) is 0 Å². The Balaban J connectivity index is 1.40. The summed E-state index contributed by atoms with van der Waals surface area (Å²) in [5.41, 5.74) is 3.56. The quantitative estimate of drug-likeness (QED) is 0.461. The lowest BCUT2D eigenvalue weighted by Crippen LogP contribution is -2.46. The molecule has 1 saturated carbocycles. The van der Waals surface area contributed by atoms with Gasteiger partial charge in [-0.25, -0.2) is 4.79 Å². The summed E-state index contributed by atoms with van der Waals surface area (Å²) < 4.78 is 5.74. The number of nitrogens with zero attached hydrogens (tertiary/aromatic N) is 1. The Labute approximate surface area is 214 Å². The molecule has 2 atom stereocenters. The van der Waals surface area contributed by atoms with Crippen molar-refractivity contribution >= 4 is 35.2 Å². The maximum atomic E-state index is 13.3. The van der Waals surface area contributed by atoms with Gasteiger partial charge in [0.25, 0.3) is 5.91 Å². The Morgan fingerprint density at radius 1 is 1.03 bits per heavy atom. The lowest BCUT2D eigenvalue weighted by Gasteiger charge is -2.24. The van der Waals surface area contributed by atoms with Crippen molar-refractivity contribution in [1.29, 1.82) is 0 Å². The Morgan fingerprint density at radius 3 is 2.50 bits per heavy atom. The van der Waals surface area contributed by atoms with Crippen LogP contribution in [0.5, 0.6) is 0 Å². The number of anilines is 1. The van der Waals surface area contributed by atoms with E-state index < -0.39 is 18.2 Å². The molecule has 2 aliphatic rings. The van der Waals surface area contributed by atoms with Crippen molar-refractivity contribution in [2.24, 2.45) is 0 Å². The first kappa shape index (κ1) is 23.9. The molecule has 1 aliphatic heterocycles. The van der Waals surface area contributed by atoms with E-state index >= 15 is 0 Å². The second-order valence-corrected chi connectivity index (χ2v) is 9.67. The van der Waals surface area contributed by atoms with Gasteiger partial charge in [0.05, 0.1) is 6.54 Å². The SMILES string of the molecule is Cc1ccc(C(=O)Nc2cccc([C@H]3OC(=O)N(Cc4cccc(Cl)c4)[C@H]3C(=O)NC3CC3)c2)cc1. The van der Waals surface area contributed by atoms with Crippen LogP contribution in [0.25, 0.3) is 0 Å². The lowest BCUT2D eigenvalue weighted by molar-refractivity contribution is -0.126. The van der Waals surface area contributed by atoms with Crippen LogP contribution in [0.3, 0.4) is 0 Å². The molecule has 8 heteroatoms. The van der Waals surface area contributed by atoms with E-state index in [4.69, 9.17) is 16.3 Å². The van der Waals surface area contributed by atoms with Gasteiger partial charge in [0.15, 0.2) is 12.1 Å². The van der Waals surface area contributed by atoms with E-state index in [1.807, 2.05) is 25.1 Å². The molecule has 1 aliphatic carbocycles. The molecule has 0 spiro atoms. The molecule has 3 aromatic rings. The van der Waals surface area contributed by atoms with E-state index in [0.717, 1.165) is 24.0 Å². The fraction of sp³-hybridized carbons (Fsp3) is 0.250. The van der Waals surface area contributed by atoms with E-state index in [-0.39, 0.29) is 24.4 Å². The van der Waals surface area contributed by atoms with Crippen LogP contribution < -0.4 is 10.6 Å². The van der Waals surface area contributed by atoms with Gasteiger partial charge in [0, 0.05) is 22.3 Å². The average Bonchev–Trinajstić information content (AvgIpc) is 3.61. The number of hydrogen-bond donors (Lipinski definition) is 2. The molecule has 0 bridgehead atoms. The Hall–Kier alpha value is -3.84. The molecule has 0 aromatic heterocycles. The summed E-state index contributed by atoms with van der Waals surface area (Å²) in [6.07, 6.45) is 0.441. The number of rotatable bonds is 7. The normalized spacial score (nSPS) is 19.1. The molecular weight excluding hydrogens is 478 g/mol. The van der Waals surface area contributed by atoms with E-state index in [9.17, 15) is 14.4 Å². The molecule has 36 heavy (non-hydrogen) atoms. The molecule has 1 heterocycles. The fourth-order valence-corrected chi connectivity index (χ4v) is 4.47. The van der Waals surface area contributed by atoms with Crippen molar-refractivity contribution in [3.05, 3.63) is 100 Å². The van der Waals surface area contributed by atoms with Crippen molar-refractivity contribution in [2.45, 2.75) is 44.5 Å². The zero-order chi connectivity index (χ0) is 25.2. The van der Waals surface area contributed by atoms with Crippen LogP contribution in [-0.2, 0) is 16.1 Å². The zero-order valence-electron chi connectivity index (χ0n) is 19.7. The summed E-state index contributed by atoms with van der Waals surface area (Å²) in [4.78, 5) is 40.4. The summed E-state index contributed by atoms with van der Waals surface area (Å²) >= 11 is 6.13. The highest BCUT2D eigenvalue weighted by atomic mass is 35.5. The number of carbonyl (C=O) groups is 3. The third-order valence-corrected chi connectivity index (χ3v) is 6.54. The van der Waals surface area contributed by atoms with E-state index in [1.54, 1.807) is 54.6 Å². The molecule has 5 rings (SSSR count). The predicted octanol–water partition coefficient (Wildman–Crippen LogP) is 5.24. The second kappa shape index (κ2) is 10.0. The van der Waals surface area contributed by atoms with Gasteiger partial charge in [-0.1, -0.05) is 53.6 Å². The zero-order valence-corrected chi connectivity index (χ0v) is 20.5. The van der Waals surface area contributed by atoms with Gasteiger partial charge in [-0.15, -0.1) is 0 Å². The van der Waals surface area contributed by atoms with E-state index in [2.05, 4.69) is 10.6 Å². The topological polar surface area (TPSA) is 87.7 Å². The van der Waals surface area contributed by atoms with Gasteiger partial charge in [-0.05, 0) is 67.3 Å². The maximum absolute atomic E-state index is 13.3. The lowest BCUT2D eigenvalue weighted by atomic mass is 10.00. The van der Waals surface area contributed by atoms with Crippen LogP contribution in [0.2, 0.25) is 5.02 Å². The fourth-order valence-electron chi connectivity index (χ4n) is 4.26. The maximum Gasteiger partial charge on any atom is 0.411 e. The Kier molecular flexibility index (Phi) is 6.65. The third kappa shape index (κ3) is 5.36. The Morgan fingerprint density at radius 2 is 1.78 bits per heavy atom. The van der Waals surface area contributed by atoms with Gasteiger partial charge in [-0.2, -0.15) is 0 Å². The minimum Gasteiger partial charge on any atom is -0.438 e. The standard InChI is InChI=1S/C28H26ClN3O4/c1-17-8-10-19(11-9-17)26(33)31-23-7-3-5-20(15-23)25-24(27(34)30-22-12-13-22)32(28(35)36-25)16-18-4-2-6-21(29)14-18/h2-11,14-15,22,24-25H,12-13,16H2,1H3,(H,30,34)(H,31,33)/t24-,25-/m1/s1. The van der Waals surface area contributed by atoms with Gasteiger partial charge >= 0.3 is 6.09 Å². The van der Waals surface area contributed by atoms with Crippen LogP contribution in [0, 0.1) is 6.92 Å². The van der Waals surface area contributed by atoms with Crippen molar-refractivity contribution in [2.75, 3.05) is 5.32 Å². The van der Waals surface area contributed by atoms with Crippen molar-refractivity contribution in [1.82, 2.24) is 10.2 Å². The molecule has 184 valence electrons. The minimum atomic E-state index is -0.861. The van der Waals surface area contributed by atoms with Crippen LogP contribution in [-0.4, -0.2) is 34.9 Å². The van der Waals surface area contributed by atoms with Gasteiger partial charge in [-0.3, -0.25) is 14.5 Å². The molecule has 2 fully saturated rings. The van der Waals surface area contributed by atoms with Gasteiger partial charge < -0.3 is 15.4 Å². The molecule has 1 saturated heterocycles. The number of amides is 3. The van der Waals surface area contributed by atoms with Gasteiger partial charge in [0.2, 0.25) is 5.91 Å². The highest BCUT2D eigenvalue weighted by Crippen LogP contribution is 2.36. The smallest absolute Gasteiger partial charge is 0.411 e. The summed E-state index contributed by atoms with van der Waals surface area (Å²) in [5.74, 6) is -0.509. The van der Waals surface area contributed by atoms with Crippen molar-refractivity contribution in [3.63, 3.8) is 0 Å². The van der Waals surface area contributed by atoms with Crippen LogP contribution in [0.4, 0.5) is 10.5 Å². The van der Waals surface area contributed by atoms with Gasteiger partial charge in [0.1, 0.15) is 0 Å². The number of carbonyl (C=O) groups excluding carboxylic acids is 3. The molecule has 0 radical (unpaired) electrons. The molecule has 0 unspecified atom stereocenters. The molecule has 3 amide bonds. The highest BCUT2D eigenvalue weighted by molar-refractivity contribution is 6.30. The summed E-state index contributed by atoms with van der Waals surface area (Å²) in [5, 5.41) is 6.44. The molecular formula is C28H26ClN3O4. The van der Waals surface area contributed by atoms with Crippen molar-refractivity contribution < 1.29 is 19.1 Å². The number of aryl methyl sites for hydroxylation is 1. The monoisotopic (exact) mass is 503 g/mol. The molecule has 3 aromatic carbocycles. The number of benzene rings is 3. The molecule has 7 nitrogen and oxygen atoms in total. The first-order valence-electron chi connectivity index (χ1n) is 11.9. The van der Waals surface area contributed by atoms with Crippen LogP contribution in [0.1, 0.15) is 46.0 Å². The highest BCUT2D eigenvalue weighted by Gasteiger charge is 2.48. The minimum absolute atomic E-state index is 0.127. The second-order valence-electron chi connectivity index (χ2n) is 9.24. The number of nitrogens with one attached hydrogen (secondary N) is 2. The number of cyclic esters (lactones) is 1.